The summed E-state index contributed by atoms with van der Waals surface area (Å²) in [6, 6.07) is 4.89. The van der Waals surface area contributed by atoms with Crippen molar-refractivity contribution in [2.45, 2.75) is 26.7 Å². The van der Waals surface area contributed by atoms with Crippen molar-refractivity contribution in [1.82, 2.24) is 0 Å². The Morgan fingerprint density at radius 1 is 1.28 bits per heavy atom. The predicted molar refractivity (Wildman–Crippen MR) is 74.9 cm³/mol. The molecule has 0 aliphatic rings. The highest BCUT2D eigenvalue weighted by molar-refractivity contribution is 7.92. The molecule has 1 rings (SSSR count). The summed E-state index contributed by atoms with van der Waals surface area (Å²) in [6.07, 6.45) is 1.41. The Labute approximate surface area is 113 Å². The van der Waals surface area contributed by atoms with Crippen molar-refractivity contribution in [3.8, 4) is 5.75 Å². The summed E-state index contributed by atoms with van der Waals surface area (Å²) in [5, 5.41) is 0.466. The monoisotopic (exact) mass is 291 g/mol. The lowest BCUT2D eigenvalue weighted by Crippen LogP contribution is -2.16. The van der Waals surface area contributed by atoms with E-state index in [9.17, 15) is 8.42 Å². The second-order valence-electron chi connectivity index (χ2n) is 3.91. The number of ether oxygens (including phenoxy) is 1. The topological polar surface area (TPSA) is 55.4 Å². The number of nitrogens with one attached hydrogen (secondary N) is 1. The first-order chi connectivity index (χ1) is 8.48. The molecule has 0 aromatic heterocycles. The summed E-state index contributed by atoms with van der Waals surface area (Å²) < 4.78 is 31.4. The molecule has 1 N–H and O–H groups in total. The van der Waals surface area contributed by atoms with Gasteiger partial charge >= 0.3 is 0 Å². The third-order valence-corrected chi connectivity index (χ3v) is 3.85. The fourth-order valence-electron chi connectivity index (χ4n) is 1.41. The van der Waals surface area contributed by atoms with Crippen LogP contribution in [-0.4, -0.2) is 20.8 Å². The van der Waals surface area contributed by atoms with E-state index in [-0.39, 0.29) is 5.75 Å². The van der Waals surface area contributed by atoms with Gasteiger partial charge in [0.2, 0.25) is 10.0 Å². The van der Waals surface area contributed by atoms with Crippen LogP contribution in [0.5, 0.6) is 5.75 Å². The van der Waals surface area contributed by atoms with E-state index in [0.717, 1.165) is 6.42 Å². The van der Waals surface area contributed by atoms with Gasteiger partial charge in [0.1, 0.15) is 5.75 Å². The number of sulfonamides is 1. The van der Waals surface area contributed by atoms with Crippen LogP contribution in [-0.2, 0) is 10.0 Å². The number of hydrogen-bond donors (Lipinski definition) is 1. The number of anilines is 1. The number of halogens is 1. The molecule has 0 heterocycles. The predicted octanol–water partition coefficient (Wildman–Crippen LogP) is 3.28. The summed E-state index contributed by atoms with van der Waals surface area (Å²) >= 11 is 5.87. The van der Waals surface area contributed by atoms with Crippen LogP contribution >= 0.6 is 11.6 Å². The van der Waals surface area contributed by atoms with Crippen molar-refractivity contribution >= 4 is 27.3 Å². The van der Waals surface area contributed by atoms with Crippen LogP contribution in [0, 0.1) is 0 Å². The van der Waals surface area contributed by atoms with Crippen molar-refractivity contribution in [1.29, 1.82) is 0 Å². The van der Waals surface area contributed by atoms with Gasteiger partial charge in [0.15, 0.2) is 0 Å². The molecule has 0 spiro atoms. The second-order valence-corrected chi connectivity index (χ2v) is 6.19. The Bertz CT molecular complexity index is 488. The summed E-state index contributed by atoms with van der Waals surface area (Å²) in [5.74, 6) is 0.577. The standard InChI is InChI=1S/C12H18ClNO3S/c1-3-7-17-12-6-5-10(13)9-11(12)14-18(15,16)8-4-2/h5-6,9,14H,3-4,7-8H2,1-2H3. The normalized spacial score (nSPS) is 11.3. The average Bonchev–Trinajstić information content (AvgIpc) is 2.27. The highest BCUT2D eigenvalue weighted by Crippen LogP contribution is 2.29. The number of benzene rings is 1. The molecule has 4 nitrogen and oxygen atoms in total. The summed E-state index contributed by atoms with van der Waals surface area (Å²) in [4.78, 5) is 0. The van der Waals surface area contributed by atoms with E-state index in [2.05, 4.69) is 4.72 Å². The molecule has 6 heteroatoms. The number of rotatable bonds is 7. The first kappa shape index (κ1) is 15.1. The lowest BCUT2D eigenvalue weighted by Gasteiger charge is -2.13. The van der Waals surface area contributed by atoms with Crippen molar-refractivity contribution < 1.29 is 13.2 Å². The minimum absolute atomic E-state index is 0.0761. The molecule has 0 aliphatic heterocycles. The minimum Gasteiger partial charge on any atom is -0.491 e. The van der Waals surface area contributed by atoms with Gasteiger partial charge in [-0.2, -0.15) is 0 Å². The van der Waals surface area contributed by atoms with Crippen LogP contribution in [0.25, 0.3) is 0 Å². The second kappa shape index (κ2) is 6.85. The van der Waals surface area contributed by atoms with Gasteiger partial charge in [0.25, 0.3) is 0 Å². The Morgan fingerprint density at radius 2 is 2.00 bits per heavy atom. The third-order valence-electron chi connectivity index (χ3n) is 2.14. The van der Waals surface area contributed by atoms with Gasteiger partial charge in [-0.1, -0.05) is 25.4 Å². The maximum absolute atomic E-state index is 11.7. The van der Waals surface area contributed by atoms with Crippen molar-refractivity contribution in [3.05, 3.63) is 23.2 Å². The molecule has 1 aromatic carbocycles. The highest BCUT2D eigenvalue weighted by Gasteiger charge is 2.13. The maximum Gasteiger partial charge on any atom is 0.232 e. The first-order valence-corrected chi connectivity index (χ1v) is 7.94. The van der Waals surface area contributed by atoms with E-state index >= 15 is 0 Å². The quantitative estimate of drug-likeness (QED) is 0.839. The Hall–Kier alpha value is -0.940. The maximum atomic E-state index is 11.7. The molecular weight excluding hydrogens is 274 g/mol. The molecule has 102 valence electrons. The van der Waals surface area contributed by atoms with E-state index in [1.807, 2.05) is 13.8 Å². The van der Waals surface area contributed by atoms with Gasteiger partial charge in [-0.25, -0.2) is 8.42 Å². The van der Waals surface area contributed by atoms with Crippen LogP contribution in [0.4, 0.5) is 5.69 Å². The molecule has 0 aliphatic carbocycles. The Kier molecular flexibility index (Phi) is 5.75. The average molecular weight is 292 g/mol. The lowest BCUT2D eigenvalue weighted by atomic mass is 10.3. The van der Waals surface area contributed by atoms with Crippen LogP contribution in [0.15, 0.2) is 18.2 Å². The van der Waals surface area contributed by atoms with Crippen LogP contribution in [0.1, 0.15) is 26.7 Å². The zero-order chi connectivity index (χ0) is 13.6. The van der Waals surface area contributed by atoms with Gasteiger partial charge in [0, 0.05) is 5.02 Å². The van der Waals surface area contributed by atoms with E-state index in [1.54, 1.807) is 18.2 Å². The molecular formula is C12H18ClNO3S. The van der Waals surface area contributed by atoms with Crippen LogP contribution < -0.4 is 9.46 Å². The third kappa shape index (κ3) is 4.74. The Balaban J connectivity index is 2.95. The van der Waals surface area contributed by atoms with E-state index in [1.165, 1.54) is 0 Å². The minimum atomic E-state index is -3.34. The van der Waals surface area contributed by atoms with Crippen molar-refractivity contribution in [2.75, 3.05) is 17.1 Å². The smallest absolute Gasteiger partial charge is 0.232 e. The molecule has 18 heavy (non-hydrogen) atoms. The van der Waals surface area contributed by atoms with Crippen molar-refractivity contribution in [2.24, 2.45) is 0 Å². The molecule has 0 saturated heterocycles. The molecule has 0 radical (unpaired) electrons. The molecule has 0 unspecified atom stereocenters. The van der Waals surface area contributed by atoms with E-state index < -0.39 is 10.0 Å². The Morgan fingerprint density at radius 3 is 2.61 bits per heavy atom. The highest BCUT2D eigenvalue weighted by atomic mass is 35.5. The number of hydrogen-bond acceptors (Lipinski definition) is 3. The fraction of sp³-hybridized carbons (Fsp3) is 0.500. The van der Waals surface area contributed by atoms with Crippen molar-refractivity contribution in [3.63, 3.8) is 0 Å². The fourth-order valence-corrected chi connectivity index (χ4v) is 2.71. The molecule has 0 saturated carbocycles. The summed E-state index contributed by atoms with van der Waals surface area (Å²) in [7, 11) is -3.34. The summed E-state index contributed by atoms with van der Waals surface area (Å²) in [5.41, 5.74) is 0.393. The lowest BCUT2D eigenvalue weighted by molar-refractivity contribution is 0.319. The molecule has 0 fully saturated rings. The zero-order valence-electron chi connectivity index (χ0n) is 10.6. The van der Waals surface area contributed by atoms with Gasteiger partial charge in [-0.3, -0.25) is 4.72 Å². The first-order valence-electron chi connectivity index (χ1n) is 5.91. The van der Waals surface area contributed by atoms with Crippen LogP contribution in [0.2, 0.25) is 5.02 Å². The summed E-state index contributed by atoms with van der Waals surface area (Å²) in [6.45, 7) is 4.33. The molecule has 0 amide bonds. The van der Waals surface area contributed by atoms with Crippen LogP contribution in [0.3, 0.4) is 0 Å². The SMILES string of the molecule is CCCOc1ccc(Cl)cc1NS(=O)(=O)CCC. The van der Waals surface area contributed by atoms with Gasteiger partial charge < -0.3 is 4.74 Å². The molecule has 1 aromatic rings. The van der Waals surface area contributed by atoms with E-state index in [0.29, 0.717) is 29.5 Å². The van der Waals surface area contributed by atoms with Gasteiger partial charge in [-0.05, 0) is 31.0 Å². The zero-order valence-corrected chi connectivity index (χ0v) is 12.1. The molecule has 0 bridgehead atoms. The molecule has 0 atom stereocenters. The van der Waals surface area contributed by atoms with Gasteiger partial charge in [-0.15, -0.1) is 0 Å². The van der Waals surface area contributed by atoms with Gasteiger partial charge in [0.05, 0.1) is 18.0 Å². The van der Waals surface area contributed by atoms with E-state index in [4.69, 9.17) is 16.3 Å². The largest absolute Gasteiger partial charge is 0.491 e.